The molecule has 0 aromatic heterocycles. The molecule has 0 aromatic carbocycles. The minimum Gasteiger partial charge on any atom is -0.166 e. The fourth-order valence-corrected chi connectivity index (χ4v) is 0.525. The summed E-state index contributed by atoms with van der Waals surface area (Å²) in [5.41, 5.74) is -0.687. The second-order valence-electron chi connectivity index (χ2n) is 1.82. The molecule has 0 aromatic rings. The molecule has 0 saturated carbocycles. The predicted molar refractivity (Wildman–Crippen MR) is 37.9 cm³/mol. The van der Waals surface area contributed by atoms with Crippen LogP contribution in [0.2, 0.25) is 0 Å². The topological polar surface area (TPSA) is 0 Å². The molecule has 0 saturated heterocycles. The minimum absolute atomic E-state index is 0.106. The second-order valence-corrected chi connectivity index (χ2v) is 2.39. The van der Waals surface area contributed by atoms with E-state index in [4.69, 9.17) is 0 Å². The van der Waals surface area contributed by atoms with Crippen LogP contribution in [0.3, 0.4) is 0 Å². The third-order valence-electron chi connectivity index (χ3n) is 0.830. The van der Waals surface area contributed by atoms with Gasteiger partial charge in [-0.05, 0) is 17.9 Å². The van der Waals surface area contributed by atoms with Crippen molar-refractivity contribution in [3.63, 3.8) is 0 Å². The fraction of sp³-hybridized carbons (Fsp3) is 0.333. The Hall–Kier alpha value is -0.380. The van der Waals surface area contributed by atoms with Crippen molar-refractivity contribution < 1.29 is 13.2 Å². The van der Waals surface area contributed by atoms with Gasteiger partial charge >= 0.3 is 6.18 Å². The molecule has 0 aliphatic heterocycles. The lowest BCUT2D eigenvalue weighted by molar-refractivity contribution is -0.0913. The van der Waals surface area contributed by atoms with Crippen molar-refractivity contribution in [2.24, 2.45) is 0 Å². The van der Waals surface area contributed by atoms with Crippen LogP contribution in [0, 0.1) is 0 Å². The lowest BCUT2D eigenvalue weighted by Crippen LogP contribution is -2.08. The van der Waals surface area contributed by atoms with E-state index in [0.29, 0.717) is 0 Å². The monoisotopic (exact) mass is 168 g/mol. The number of alkyl halides is 3. The van der Waals surface area contributed by atoms with E-state index < -0.39 is 11.7 Å². The first-order valence-corrected chi connectivity index (χ1v) is 2.92. The van der Waals surface area contributed by atoms with Crippen molar-refractivity contribution in [2.45, 2.75) is 13.1 Å². The van der Waals surface area contributed by atoms with Gasteiger partial charge in [-0.2, -0.15) is 13.2 Å². The molecule has 0 bridgehead atoms. The number of rotatable bonds is 1. The highest BCUT2D eigenvalue weighted by Gasteiger charge is 2.29. The zero-order valence-corrected chi connectivity index (χ0v) is 6.26. The van der Waals surface area contributed by atoms with Crippen molar-refractivity contribution in [1.82, 2.24) is 0 Å². The van der Waals surface area contributed by atoms with Gasteiger partial charge in [0.05, 0.1) is 0 Å². The molecule has 0 spiro atoms. The average molecular weight is 168 g/mol. The number of halogens is 3. The van der Waals surface area contributed by atoms with Gasteiger partial charge in [0.2, 0.25) is 0 Å². The highest BCUT2D eigenvalue weighted by Crippen LogP contribution is 2.25. The van der Waals surface area contributed by atoms with Crippen LogP contribution in [-0.2, 0) is 0 Å². The van der Waals surface area contributed by atoms with Crippen LogP contribution in [0.1, 0.15) is 6.92 Å². The second kappa shape index (κ2) is 3.14. The summed E-state index contributed by atoms with van der Waals surface area (Å²) < 4.78 is 35.0. The SMILES string of the molecule is C=C(S)/C=C(\C)C(F)(F)F. The number of hydrogen-bond donors (Lipinski definition) is 1. The van der Waals surface area contributed by atoms with Crippen LogP contribution in [0.4, 0.5) is 13.2 Å². The average Bonchev–Trinajstić information content (AvgIpc) is 1.60. The Morgan fingerprint density at radius 3 is 2.00 bits per heavy atom. The van der Waals surface area contributed by atoms with E-state index in [-0.39, 0.29) is 4.91 Å². The Kier molecular flexibility index (Phi) is 3.02. The number of allylic oxidation sites excluding steroid dienone is 2. The van der Waals surface area contributed by atoms with Crippen molar-refractivity contribution in [1.29, 1.82) is 0 Å². The van der Waals surface area contributed by atoms with Crippen molar-refractivity contribution in [3.05, 3.63) is 23.1 Å². The summed E-state index contributed by atoms with van der Waals surface area (Å²) in [6.07, 6.45) is -3.38. The van der Waals surface area contributed by atoms with E-state index in [1.54, 1.807) is 0 Å². The summed E-state index contributed by atoms with van der Waals surface area (Å²) in [4.78, 5) is 0.106. The van der Waals surface area contributed by atoms with Crippen molar-refractivity contribution in [2.75, 3.05) is 0 Å². The van der Waals surface area contributed by atoms with E-state index in [9.17, 15) is 13.2 Å². The largest absolute Gasteiger partial charge is 0.412 e. The molecule has 0 radical (unpaired) electrons. The van der Waals surface area contributed by atoms with Crippen LogP contribution < -0.4 is 0 Å². The van der Waals surface area contributed by atoms with Crippen molar-refractivity contribution >= 4 is 12.6 Å². The molecule has 4 heteroatoms. The summed E-state index contributed by atoms with van der Waals surface area (Å²) in [7, 11) is 0. The van der Waals surface area contributed by atoms with Crippen LogP contribution in [0.5, 0.6) is 0 Å². The van der Waals surface area contributed by atoms with Gasteiger partial charge in [-0.15, -0.1) is 12.6 Å². The van der Waals surface area contributed by atoms with Crippen LogP contribution in [0.25, 0.3) is 0 Å². The summed E-state index contributed by atoms with van der Waals surface area (Å²) in [5.74, 6) is 0. The maximum absolute atomic E-state index is 11.7. The first-order chi connectivity index (χ1) is 4.34. The Bertz CT molecular complexity index is 166. The standard InChI is InChI=1S/C6H7F3S/c1-4(3-5(2)10)6(7,8)9/h3,10H,2H2,1H3/b4-3+. The van der Waals surface area contributed by atoms with E-state index in [1.165, 1.54) is 0 Å². The first-order valence-electron chi connectivity index (χ1n) is 2.47. The molecule has 0 atom stereocenters. The summed E-state index contributed by atoms with van der Waals surface area (Å²) >= 11 is 3.60. The molecule has 58 valence electrons. The van der Waals surface area contributed by atoms with Gasteiger partial charge in [0.1, 0.15) is 0 Å². The molecule has 0 unspecified atom stereocenters. The molecule has 0 amide bonds. The summed E-state index contributed by atoms with van der Waals surface area (Å²) in [6.45, 7) is 4.17. The third-order valence-corrected chi connectivity index (χ3v) is 0.959. The Balaban J connectivity index is 4.35. The van der Waals surface area contributed by atoms with Crippen LogP contribution in [-0.4, -0.2) is 6.18 Å². The Morgan fingerprint density at radius 1 is 1.50 bits per heavy atom. The van der Waals surface area contributed by atoms with E-state index >= 15 is 0 Å². The van der Waals surface area contributed by atoms with Gasteiger partial charge in [0.25, 0.3) is 0 Å². The zero-order valence-electron chi connectivity index (χ0n) is 5.37. The zero-order chi connectivity index (χ0) is 8.36. The lowest BCUT2D eigenvalue weighted by atomic mass is 10.3. The van der Waals surface area contributed by atoms with Gasteiger partial charge in [-0.25, -0.2) is 0 Å². The number of thiol groups is 1. The predicted octanol–water partition coefficient (Wildman–Crippen LogP) is 2.94. The van der Waals surface area contributed by atoms with E-state index in [1.807, 2.05) is 0 Å². The highest BCUT2D eigenvalue weighted by atomic mass is 32.1. The van der Waals surface area contributed by atoms with Gasteiger partial charge in [0, 0.05) is 5.57 Å². The molecule has 0 N–H and O–H groups in total. The summed E-state index contributed by atoms with van der Waals surface area (Å²) in [5, 5.41) is 0. The van der Waals surface area contributed by atoms with Gasteiger partial charge in [-0.1, -0.05) is 6.58 Å². The fourth-order valence-electron chi connectivity index (χ4n) is 0.332. The summed E-state index contributed by atoms with van der Waals surface area (Å²) in [6, 6.07) is 0. The molecule has 0 aliphatic rings. The molecular formula is C6H7F3S. The van der Waals surface area contributed by atoms with Crippen LogP contribution >= 0.6 is 12.6 Å². The van der Waals surface area contributed by atoms with Gasteiger partial charge in [0.15, 0.2) is 0 Å². The van der Waals surface area contributed by atoms with Gasteiger partial charge in [-0.3, -0.25) is 0 Å². The van der Waals surface area contributed by atoms with E-state index in [2.05, 4.69) is 19.2 Å². The molecule has 0 heterocycles. The normalized spacial score (nSPS) is 13.5. The quantitative estimate of drug-likeness (QED) is 0.451. The van der Waals surface area contributed by atoms with Crippen molar-refractivity contribution in [3.8, 4) is 0 Å². The molecule has 0 fully saturated rings. The van der Waals surface area contributed by atoms with Crippen LogP contribution in [0.15, 0.2) is 23.1 Å². The lowest BCUT2D eigenvalue weighted by Gasteiger charge is -2.04. The smallest absolute Gasteiger partial charge is 0.166 e. The highest BCUT2D eigenvalue weighted by molar-refractivity contribution is 7.84. The molecule has 0 nitrogen and oxygen atoms in total. The van der Waals surface area contributed by atoms with E-state index in [0.717, 1.165) is 13.0 Å². The minimum atomic E-state index is -4.26. The maximum Gasteiger partial charge on any atom is 0.412 e. The molecule has 10 heavy (non-hydrogen) atoms. The Morgan fingerprint density at radius 2 is 1.90 bits per heavy atom. The molecule has 0 aliphatic carbocycles. The number of hydrogen-bond acceptors (Lipinski definition) is 1. The molecular weight excluding hydrogens is 161 g/mol. The maximum atomic E-state index is 11.7. The Labute approximate surface area is 62.8 Å². The molecule has 0 rings (SSSR count). The van der Waals surface area contributed by atoms with Gasteiger partial charge < -0.3 is 0 Å². The first kappa shape index (κ1) is 9.62. The third kappa shape index (κ3) is 3.61.